The second-order valence-corrected chi connectivity index (χ2v) is 10.3. The number of thiocarbonyl (C=S) groups is 1. The van der Waals surface area contributed by atoms with Crippen LogP contribution in [0, 0.1) is 0 Å². The fourth-order valence-electron chi connectivity index (χ4n) is 4.81. The Kier molecular flexibility index (Phi) is 7.48. The van der Waals surface area contributed by atoms with E-state index in [0.717, 1.165) is 34.2 Å². The Morgan fingerprint density at radius 2 is 1.76 bits per heavy atom. The molecule has 0 aliphatic carbocycles. The fourth-order valence-corrected chi connectivity index (χ4v) is 5.57. The number of nitrogens with zero attached hydrogens (tertiary/aromatic N) is 3. The van der Waals surface area contributed by atoms with Crippen molar-refractivity contribution in [3.05, 3.63) is 99.3 Å². The molecule has 5 nitrogen and oxygen atoms in total. The second kappa shape index (κ2) is 10.8. The zero-order valence-corrected chi connectivity index (χ0v) is 23.7. The van der Waals surface area contributed by atoms with E-state index in [1.54, 1.807) is 15.9 Å². The Balaban J connectivity index is 1.56. The molecule has 0 bridgehead atoms. The monoisotopic (exact) mass is 563 g/mol. The number of anilines is 1. The summed E-state index contributed by atoms with van der Waals surface area (Å²) in [6.07, 6.45) is 4.87. The van der Waals surface area contributed by atoms with Gasteiger partial charge in [0, 0.05) is 40.8 Å². The highest BCUT2D eigenvalue weighted by atomic mass is 35.5. The summed E-state index contributed by atoms with van der Waals surface area (Å²) in [4.78, 5) is 17.0. The van der Waals surface area contributed by atoms with Crippen molar-refractivity contribution in [3.63, 3.8) is 0 Å². The molecular weight excluding hydrogens is 537 g/mol. The van der Waals surface area contributed by atoms with E-state index in [2.05, 4.69) is 35.9 Å². The molecule has 1 saturated heterocycles. The van der Waals surface area contributed by atoms with E-state index in [1.165, 1.54) is 5.56 Å². The summed E-state index contributed by atoms with van der Waals surface area (Å²) in [5, 5.41) is 2.71. The lowest BCUT2D eigenvalue weighted by Gasteiger charge is -2.16. The summed E-state index contributed by atoms with van der Waals surface area (Å²) >= 11 is 18.3. The molecule has 0 atom stereocenters. The maximum atomic E-state index is 13.6. The Hall–Kier alpha value is -3.32. The van der Waals surface area contributed by atoms with E-state index in [0.29, 0.717) is 39.7 Å². The summed E-state index contributed by atoms with van der Waals surface area (Å²) < 4.78 is 7.73. The van der Waals surface area contributed by atoms with Crippen molar-refractivity contribution in [2.75, 3.05) is 18.6 Å². The lowest BCUT2D eigenvalue weighted by molar-refractivity contribution is -0.114. The van der Waals surface area contributed by atoms with Gasteiger partial charge in [-0.05, 0) is 79.2 Å². The average molecular weight is 565 g/mol. The van der Waals surface area contributed by atoms with Gasteiger partial charge in [0.05, 0.1) is 17.8 Å². The molecule has 0 spiro atoms. The van der Waals surface area contributed by atoms with Crippen LogP contribution in [-0.4, -0.2) is 34.1 Å². The summed E-state index contributed by atoms with van der Waals surface area (Å²) in [5.74, 6) is 0.577. The minimum absolute atomic E-state index is 0.171. The van der Waals surface area contributed by atoms with Crippen LogP contribution in [0.2, 0.25) is 10.0 Å². The SMILES string of the molecule is CCOc1ccc(N2C(=O)/C(=C/c3cn(Cc4ccc(Cl)cc4Cl)c4c(CC)cccc34)N(C)C2=S)cc1. The molecule has 1 aliphatic heterocycles. The minimum atomic E-state index is -0.171. The third-order valence-electron chi connectivity index (χ3n) is 6.71. The quantitative estimate of drug-likeness (QED) is 0.172. The molecule has 1 aliphatic rings. The van der Waals surface area contributed by atoms with Crippen LogP contribution >= 0.6 is 35.4 Å². The first kappa shape index (κ1) is 26.3. The maximum absolute atomic E-state index is 13.6. The first-order valence-corrected chi connectivity index (χ1v) is 13.6. The molecule has 3 aromatic carbocycles. The number of aryl methyl sites for hydroxylation is 1. The number of likely N-dealkylation sites (N-methyl/N-ethyl adjacent to an activating group) is 1. The van der Waals surface area contributed by atoms with E-state index in [9.17, 15) is 4.79 Å². The Bertz CT molecular complexity index is 1580. The number of ether oxygens (including phenoxy) is 1. The number of para-hydroxylation sites is 1. The first-order valence-electron chi connectivity index (χ1n) is 12.4. The number of benzene rings is 3. The van der Waals surface area contributed by atoms with Gasteiger partial charge < -0.3 is 14.2 Å². The highest BCUT2D eigenvalue weighted by molar-refractivity contribution is 7.80. The molecule has 0 saturated carbocycles. The van der Waals surface area contributed by atoms with E-state index in [1.807, 2.05) is 56.4 Å². The van der Waals surface area contributed by atoms with Gasteiger partial charge in [-0.1, -0.05) is 54.4 Å². The van der Waals surface area contributed by atoms with E-state index >= 15 is 0 Å². The molecule has 0 N–H and O–H groups in total. The third-order valence-corrected chi connectivity index (χ3v) is 7.75. The summed E-state index contributed by atoms with van der Waals surface area (Å²) in [6, 6.07) is 19.2. The summed E-state index contributed by atoms with van der Waals surface area (Å²) in [7, 11) is 1.82. The van der Waals surface area contributed by atoms with Gasteiger partial charge in [0.15, 0.2) is 5.11 Å². The Labute approximate surface area is 237 Å². The number of fused-ring (bicyclic) bond motifs is 1. The van der Waals surface area contributed by atoms with Gasteiger partial charge in [-0.3, -0.25) is 9.69 Å². The van der Waals surface area contributed by atoms with E-state index in [-0.39, 0.29) is 5.91 Å². The number of carbonyl (C=O) groups is 1. The summed E-state index contributed by atoms with van der Waals surface area (Å²) in [5.41, 5.74) is 5.45. The number of carbonyl (C=O) groups excluding carboxylic acids is 1. The molecule has 5 rings (SSSR count). The smallest absolute Gasteiger partial charge is 0.281 e. The predicted octanol–water partition coefficient (Wildman–Crippen LogP) is 7.56. The topological polar surface area (TPSA) is 37.7 Å². The van der Waals surface area contributed by atoms with Gasteiger partial charge in [-0.15, -0.1) is 0 Å². The van der Waals surface area contributed by atoms with Crippen LogP contribution in [-0.2, 0) is 17.8 Å². The van der Waals surface area contributed by atoms with Crippen LogP contribution in [0.1, 0.15) is 30.5 Å². The Morgan fingerprint density at radius 3 is 2.45 bits per heavy atom. The number of halogens is 2. The lowest BCUT2D eigenvalue weighted by Crippen LogP contribution is -2.31. The van der Waals surface area contributed by atoms with Crippen LogP contribution in [0.4, 0.5) is 5.69 Å². The standard InChI is InChI=1S/C30H27Cl2N3O2S/c1-4-19-7-6-8-25-21(18-34(28(19)25)17-20-9-10-22(31)16-26(20)32)15-27-29(36)35(30(38)33(27)3)23-11-13-24(14-12-23)37-5-2/h6-16,18H,4-5,17H2,1-3H3/b27-15-. The zero-order chi connectivity index (χ0) is 27.0. The molecule has 0 unspecified atom stereocenters. The Morgan fingerprint density at radius 1 is 1.00 bits per heavy atom. The van der Waals surface area contributed by atoms with E-state index < -0.39 is 0 Å². The predicted molar refractivity (Wildman–Crippen MR) is 160 cm³/mol. The molecular formula is C30H27Cl2N3O2S. The van der Waals surface area contributed by atoms with Gasteiger partial charge in [0.2, 0.25) is 0 Å². The number of amides is 1. The largest absolute Gasteiger partial charge is 0.494 e. The van der Waals surface area contributed by atoms with Gasteiger partial charge in [-0.2, -0.15) is 0 Å². The van der Waals surface area contributed by atoms with Gasteiger partial charge in [-0.25, -0.2) is 0 Å². The first-order chi connectivity index (χ1) is 18.3. The lowest BCUT2D eigenvalue weighted by atomic mass is 10.1. The normalized spacial score (nSPS) is 14.8. The van der Waals surface area contributed by atoms with Crippen molar-refractivity contribution in [2.24, 2.45) is 0 Å². The molecule has 4 aromatic rings. The maximum Gasteiger partial charge on any atom is 0.281 e. The van der Waals surface area contributed by atoms with Crippen LogP contribution in [0.5, 0.6) is 5.75 Å². The molecule has 194 valence electrons. The molecule has 1 aromatic heterocycles. The van der Waals surface area contributed by atoms with Gasteiger partial charge >= 0.3 is 0 Å². The molecule has 8 heteroatoms. The molecule has 1 amide bonds. The second-order valence-electron chi connectivity index (χ2n) is 9.05. The van der Waals surface area contributed by atoms with Crippen molar-refractivity contribution in [1.82, 2.24) is 9.47 Å². The van der Waals surface area contributed by atoms with Crippen molar-refractivity contribution < 1.29 is 9.53 Å². The number of hydrogen-bond acceptors (Lipinski definition) is 3. The van der Waals surface area contributed by atoms with Crippen molar-refractivity contribution in [3.8, 4) is 5.75 Å². The molecule has 1 fully saturated rings. The molecule has 2 heterocycles. The number of rotatable bonds is 7. The fraction of sp³-hybridized carbons (Fsp3) is 0.200. The van der Waals surface area contributed by atoms with Crippen LogP contribution < -0.4 is 9.64 Å². The van der Waals surface area contributed by atoms with E-state index in [4.69, 9.17) is 40.2 Å². The summed E-state index contributed by atoms with van der Waals surface area (Å²) in [6.45, 7) is 5.23. The number of hydrogen-bond donors (Lipinski definition) is 0. The molecule has 38 heavy (non-hydrogen) atoms. The van der Waals surface area contributed by atoms with Crippen LogP contribution in [0.15, 0.2) is 72.6 Å². The van der Waals surface area contributed by atoms with Crippen LogP contribution in [0.25, 0.3) is 17.0 Å². The van der Waals surface area contributed by atoms with Crippen LogP contribution in [0.3, 0.4) is 0 Å². The third kappa shape index (κ3) is 4.80. The highest BCUT2D eigenvalue weighted by Gasteiger charge is 2.37. The van der Waals surface area contributed by atoms with Gasteiger partial charge in [0.25, 0.3) is 5.91 Å². The minimum Gasteiger partial charge on any atom is -0.494 e. The van der Waals surface area contributed by atoms with Crippen molar-refractivity contribution in [1.29, 1.82) is 0 Å². The highest BCUT2D eigenvalue weighted by Crippen LogP contribution is 2.33. The average Bonchev–Trinajstić information content (AvgIpc) is 3.36. The zero-order valence-electron chi connectivity index (χ0n) is 21.4. The number of aromatic nitrogens is 1. The molecule has 0 radical (unpaired) electrons. The van der Waals surface area contributed by atoms with Gasteiger partial charge in [0.1, 0.15) is 11.4 Å². The van der Waals surface area contributed by atoms with Crippen molar-refractivity contribution >= 4 is 69.1 Å². The van der Waals surface area contributed by atoms with Crippen molar-refractivity contribution in [2.45, 2.75) is 26.8 Å².